The van der Waals surface area contributed by atoms with Gasteiger partial charge in [0.05, 0.1) is 17.1 Å². The first-order valence-electron chi connectivity index (χ1n) is 6.14. The zero-order valence-electron chi connectivity index (χ0n) is 10.7. The Hall–Kier alpha value is -2.42. The number of nitrogens with one attached hydrogen (secondary N) is 1. The summed E-state index contributed by atoms with van der Waals surface area (Å²) in [6.45, 7) is 7.33. The molecule has 3 heteroatoms. The molecule has 2 rings (SSSR count). The number of hydrogen-bond donors (Lipinski definition) is 1. The average molecular weight is 252 g/mol. The number of pyridine rings is 1. The Balaban J connectivity index is 2.28. The molecule has 1 unspecified atom stereocenters. The van der Waals surface area contributed by atoms with Gasteiger partial charge in [0, 0.05) is 11.6 Å². The van der Waals surface area contributed by atoms with Crippen LogP contribution >= 0.6 is 0 Å². The third kappa shape index (κ3) is 2.88. The van der Waals surface area contributed by atoms with Crippen LogP contribution in [0.15, 0.2) is 61.8 Å². The van der Waals surface area contributed by atoms with Crippen molar-refractivity contribution in [2.24, 2.45) is 5.92 Å². The lowest BCUT2D eigenvalue weighted by molar-refractivity contribution is -0.118. The molecule has 1 heterocycles. The van der Waals surface area contributed by atoms with E-state index in [1.54, 1.807) is 18.3 Å². The van der Waals surface area contributed by atoms with Gasteiger partial charge in [0.1, 0.15) is 0 Å². The van der Waals surface area contributed by atoms with Gasteiger partial charge in [0.25, 0.3) is 0 Å². The normalized spacial score (nSPS) is 11.8. The van der Waals surface area contributed by atoms with Crippen LogP contribution in [0.4, 0.5) is 5.69 Å². The molecule has 0 saturated heterocycles. The van der Waals surface area contributed by atoms with E-state index in [0.717, 1.165) is 16.6 Å². The predicted octanol–water partition coefficient (Wildman–Crippen LogP) is 3.55. The maximum atomic E-state index is 12.1. The van der Waals surface area contributed by atoms with E-state index in [-0.39, 0.29) is 11.8 Å². The van der Waals surface area contributed by atoms with Crippen molar-refractivity contribution in [3.8, 4) is 0 Å². The number of fused-ring (bicyclic) bond motifs is 1. The molecule has 0 bridgehead atoms. The maximum absolute atomic E-state index is 12.1. The molecule has 1 N–H and O–H groups in total. The molecule has 0 aliphatic carbocycles. The molecule has 1 aromatic carbocycles. The van der Waals surface area contributed by atoms with Crippen molar-refractivity contribution < 1.29 is 4.79 Å². The lowest BCUT2D eigenvalue weighted by atomic mass is 10.0. The molecule has 1 aromatic heterocycles. The van der Waals surface area contributed by atoms with E-state index in [9.17, 15) is 4.79 Å². The number of amides is 1. The highest BCUT2D eigenvalue weighted by atomic mass is 16.1. The first-order chi connectivity index (χ1) is 9.26. The summed E-state index contributed by atoms with van der Waals surface area (Å²) < 4.78 is 0. The first kappa shape index (κ1) is 13.0. The van der Waals surface area contributed by atoms with Crippen LogP contribution in [0.2, 0.25) is 0 Å². The summed E-state index contributed by atoms with van der Waals surface area (Å²) in [6.07, 6.45) is 5.64. The summed E-state index contributed by atoms with van der Waals surface area (Å²) >= 11 is 0. The van der Waals surface area contributed by atoms with E-state index < -0.39 is 0 Å². The second kappa shape index (κ2) is 5.96. The van der Waals surface area contributed by atoms with Gasteiger partial charge in [0.2, 0.25) is 5.91 Å². The van der Waals surface area contributed by atoms with Crippen molar-refractivity contribution in [2.45, 2.75) is 6.42 Å². The Kier molecular flexibility index (Phi) is 4.08. The molecule has 0 aliphatic rings. The van der Waals surface area contributed by atoms with Crippen LogP contribution in [0.1, 0.15) is 6.42 Å². The Morgan fingerprint density at radius 1 is 1.32 bits per heavy atom. The summed E-state index contributed by atoms with van der Waals surface area (Å²) in [7, 11) is 0. The van der Waals surface area contributed by atoms with E-state index in [4.69, 9.17) is 0 Å². The fourth-order valence-electron chi connectivity index (χ4n) is 1.92. The van der Waals surface area contributed by atoms with Crippen molar-refractivity contribution in [3.63, 3.8) is 0 Å². The van der Waals surface area contributed by atoms with E-state index in [0.29, 0.717) is 6.42 Å². The Morgan fingerprint density at radius 2 is 2.11 bits per heavy atom. The van der Waals surface area contributed by atoms with E-state index in [1.807, 2.05) is 30.3 Å². The second-order valence-corrected chi connectivity index (χ2v) is 4.24. The van der Waals surface area contributed by atoms with Gasteiger partial charge in [-0.25, -0.2) is 0 Å². The lowest BCUT2D eigenvalue weighted by Gasteiger charge is -2.12. The summed E-state index contributed by atoms with van der Waals surface area (Å²) in [5, 5.41) is 3.90. The topological polar surface area (TPSA) is 42.0 Å². The van der Waals surface area contributed by atoms with Gasteiger partial charge < -0.3 is 5.32 Å². The number of hydrogen-bond acceptors (Lipinski definition) is 2. The number of carbonyl (C=O) groups is 1. The standard InChI is InChI=1S/C16H16N2O/c1-3-7-12(4-2)16(19)18-14-10-5-8-13-9-6-11-17-15(13)14/h3-6,8-12H,1-2,7H2,(H,18,19). The van der Waals surface area contributed by atoms with Crippen molar-refractivity contribution in [2.75, 3.05) is 5.32 Å². The minimum Gasteiger partial charge on any atom is -0.324 e. The van der Waals surface area contributed by atoms with E-state index in [1.165, 1.54) is 0 Å². The van der Waals surface area contributed by atoms with Crippen molar-refractivity contribution in [1.82, 2.24) is 4.98 Å². The number of allylic oxidation sites excluding steroid dienone is 1. The molecule has 0 aliphatic heterocycles. The molecule has 0 saturated carbocycles. The maximum Gasteiger partial charge on any atom is 0.231 e. The van der Waals surface area contributed by atoms with Gasteiger partial charge in [-0.05, 0) is 18.6 Å². The van der Waals surface area contributed by atoms with Crippen LogP contribution in [0.3, 0.4) is 0 Å². The molecule has 0 spiro atoms. The number of nitrogens with zero attached hydrogens (tertiary/aromatic N) is 1. The quantitative estimate of drug-likeness (QED) is 0.827. The van der Waals surface area contributed by atoms with Crippen LogP contribution in [-0.4, -0.2) is 10.9 Å². The fourth-order valence-corrected chi connectivity index (χ4v) is 1.92. The molecule has 3 nitrogen and oxygen atoms in total. The van der Waals surface area contributed by atoms with Gasteiger partial charge in [-0.1, -0.05) is 30.4 Å². The van der Waals surface area contributed by atoms with Gasteiger partial charge in [-0.2, -0.15) is 0 Å². The summed E-state index contributed by atoms with van der Waals surface area (Å²) in [4.78, 5) is 16.4. The number of para-hydroxylation sites is 1. The average Bonchev–Trinajstić information content (AvgIpc) is 2.45. The number of rotatable bonds is 5. The van der Waals surface area contributed by atoms with E-state index in [2.05, 4.69) is 23.5 Å². The van der Waals surface area contributed by atoms with Gasteiger partial charge >= 0.3 is 0 Å². The lowest BCUT2D eigenvalue weighted by Crippen LogP contribution is -2.20. The molecule has 1 atom stereocenters. The zero-order chi connectivity index (χ0) is 13.7. The Morgan fingerprint density at radius 3 is 2.84 bits per heavy atom. The number of carbonyl (C=O) groups excluding carboxylic acids is 1. The van der Waals surface area contributed by atoms with Crippen molar-refractivity contribution in [3.05, 3.63) is 61.8 Å². The number of aromatic nitrogens is 1. The van der Waals surface area contributed by atoms with Gasteiger partial charge in [-0.15, -0.1) is 13.2 Å². The summed E-state index contributed by atoms with van der Waals surface area (Å²) in [6, 6.07) is 9.55. The van der Waals surface area contributed by atoms with Crippen LogP contribution in [0.25, 0.3) is 10.9 Å². The summed E-state index contributed by atoms with van der Waals surface area (Å²) in [5.41, 5.74) is 1.51. The number of anilines is 1. The van der Waals surface area contributed by atoms with Crippen LogP contribution in [0, 0.1) is 5.92 Å². The number of benzene rings is 1. The third-order valence-corrected chi connectivity index (χ3v) is 2.93. The minimum absolute atomic E-state index is 0.0898. The van der Waals surface area contributed by atoms with E-state index >= 15 is 0 Å². The minimum atomic E-state index is -0.267. The van der Waals surface area contributed by atoms with Crippen molar-refractivity contribution >= 4 is 22.5 Å². The molecular weight excluding hydrogens is 236 g/mol. The Labute approximate surface area is 112 Å². The van der Waals surface area contributed by atoms with Gasteiger partial charge in [0.15, 0.2) is 0 Å². The smallest absolute Gasteiger partial charge is 0.231 e. The molecule has 1 amide bonds. The van der Waals surface area contributed by atoms with Crippen LogP contribution in [-0.2, 0) is 4.79 Å². The molecule has 0 radical (unpaired) electrons. The highest BCUT2D eigenvalue weighted by Crippen LogP contribution is 2.21. The molecule has 96 valence electrons. The molecular formula is C16H16N2O. The molecule has 2 aromatic rings. The third-order valence-electron chi connectivity index (χ3n) is 2.93. The summed E-state index contributed by atoms with van der Waals surface area (Å²) in [5.74, 6) is -0.357. The SMILES string of the molecule is C=CCC(C=C)C(=O)Nc1cccc2cccnc12. The molecule has 19 heavy (non-hydrogen) atoms. The zero-order valence-corrected chi connectivity index (χ0v) is 10.7. The van der Waals surface area contributed by atoms with Crippen molar-refractivity contribution in [1.29, 1.82) is 0 Å². The fraction of sp³-hybridized carbons (Fsp3) is 0.125. The Bertz CT molecular complexity index is 614. The second-order valence-electron chi connectivity index (χ2n) is 4.24. The largest absolute Gasteiger partial charge is 0.324 e. The highest BCUT2D eigenvalue weighted by Gasteiger charge is 2.14. The van der Waals surface area contributed by atoms with Crippen LogP contribution < -0.4 is 5.32 Å². The molecule has 0 fully saturated rings. The van der Waals surface area contributed by atoms with Gasteiger partial charge in [-0.3, -0.25) is 9.78 Å². The monoisotopic (exact) mass is 252 g/mol. The van der Waals surface area contributed by atoms with Crippen LogP contribution in [0.5, 0.6) is 0 Å². The predicted molar refractivity (Wildman–Crippen MR) is 78.9 cm³/mol. The highest BCUT2D eigenvalue weighted by molar-refractivity contribution is 6.01. The first-order valence-corrected chi connectivity index (χ1v) is 6.14.